The summed E-state index contributed by atoms with van der Waals surface area (Å²) in [5.41, 5.74) is 4.45. The average molecular weight is 439 g/mol. The van der Waals surface area contributed by atoms with Crippen LogP contribution in [0.4, 0.5) is 10.9 Å². The molecule has 0 unspecified atom stereocenters. The third-order valence-electron chi connectivity index (χ3n) is 4.73. The third-order valence-corrected chi connectivity index (χ3v) is 6.72. The van der Waals surface area contributed by atoms with Gasteiger partial charge < -0.3 is 11.1 Å². The molecule has 158 valence electrons. The van der Waals surface area contributed by atoms with Crippen LogP contribution in [-0.2, 0) is 6.54 Å². The zero-order chi connectivity index (χ0) is 21.0. The lowest BCUT2D eigenvalue weighted by Gasteiger charge is -2.21. The van der Waals surface area contributed by atoms with E-state index in [9.17, 15) is 14.4 Å². The number of nitrogen functional groups attached to an aromatic ring is 1. The summed E-state index contributed by atoms with van der Waals surface area (Å²) in [5, 5.41) is 12.4. The Hall–Kier alpha value is -2.14. The van der Waals surface area contributed by atoms with Gasteiger partial charge in [0, 0.05) is 12.6 Å². The molecule has 4 N–H and O–H groups in total. The van der Waals surface area contributed by atoms with Crippen LogP contribution in [-0.4, -0.2) is 37.3 Å². The molecule has 0 amide bonds. The van der Waals surface area contributed by atoms with Crippen molar-refractivity contribution in [3.8, 4) is 0 Å². The SMILES string of the molecule is CC(C)Cn1c(N)c(C(=O)CSc2nnc(NC3CCCCC3)s2)c(=O)[nH]c1=O. The zero-order valence-corrected chi connectivity index (χ0v) is 18.2. The lowest BCUT2D eigenvalue weighted by molar-refractivity contribution is 0.102. The molecule has 0 radical (unpaired) electrons. The molecular formula is C18H26N6O3S2. The maximum Gasteiger partial charge on any atom is 0.329 e. The fourth-order valence-electron chi connectivity index (χ4n) is 3.35. The average Bonchev–Trinajstić information content (AvgIpc) is 3.11. The molecule has 0 aliphatic heterocycles. The van der Waals surface area contributed by atoms with Crippen molar-refractivity contribution in [2.75, 3.05) is 16.8 Å². The van der Waals surface area contributed by atoms with Crippen molar-refractivity contribution < 1.29 is 4.79 Å². The molecule has 2 aromatic rings. The van der Waals surface area contributed by atoms with Crippen LogP contribution in [0.3, 0.4) is 0 Å². The number of hydrogen-bond donors (Lipinski definition) is 3. The van der Waals surface area contributed by atoms with Crippen LogP contribution in [0.2, 0.25) is 0 Å². The van der Waals surface area contributed by atoms with E-state index in [0.717, 1.165) is 18.0 Å². The molecular weight excluding hydrogens is 412 g/mol. The Kier molecular flexibility index (Phi) is 7.12. The van der Waals surface area contributed by atoms with Crippen molar-refractivity contribution >= 4 is 39.8 Å². The van der Waals surface area contributed by atoms with Gasteiger partial charge in [0.15, 0.2) is 10.1 Å². The van der Waals surface area contributed by atoms with Crippen LogP contribution in [0.25, 0.3) is 0 Å². The number of carbonyl (C=O) groups is 1. The van der Waals surface area contributed by atoms with Gasteiger partial charge in [-0.05, 0) is 18.8 Å². The Morgan fingerprint density at radius 2 is 2.03 bits per heavy atom. The van der Waals surface area contributed by atoms with Gasteiger partial charge in [-0.25, -0.2) is 4.79 Å². The van der Waals surface area contributed by atoms with Gasteiger partial charge in [-0.15, -0.1) is 10.2 Å². The van der Waals surface area contributed by atoms with Gasteiger partial charge in [-0.3, -0.25) is 19.1 Å². The minimum Gasteiger partial charge on any atom is -0.384 e. The summed E-state index contributed by atoms with van der Waals surface area (Å²) in [6.07, 6.45) is 6.00. The summed E-state index contributed by atoms with van der Waals surface area (Å²) in [5.74, 6) is -0.404. The summed E-state index contributed by atoms with van der Waals surface area (Å²) in [7, 11) is 0. The van der Waals surface area contributed by atoms with Crippen LogP contribution < -0.4 is 22.3 Å². The smallest absolute Gasteiger partial charge is 0.329 e. The number of nitrogens with two attached hydrogens (primary N) is 1. The molecule has 3 rings (SSSR count). The first-order valence-electron chi connectivity index (χ1n) is 9.73. The third kappa shape index (κ3) is 5.47. The predicted molar refractivity (Wildman–Crippen MR) is 116 cm³/mol. The van der Waals surface area contributed by atoms with E-state index in [2.05, 4.69) is 20.5 Å². The molecule has 9 nitrogen and oxygen atoms in total. The number of thioether (sulfide) groups is 1. The van der Waals surface area contributed by atoms with Crippen LogP contribution in [0.5, 0.6) is 0 Å². The molecule has 0 aromatic carbocycles. The fourth-order valence-corrected chi connectivity index (χ4v) is 5.05. The van der Waals surface area contributed by atoms with E-state index in [1.807, 2.05) is 13.8 Å². The van der Waals surface area contributed by atoms with Crippen LogP contribution in [0, 0.1) is 5.92 Å². The van der Waals surface area contributed by atoms with Crippen molar-refractivity contribution in [1.29, 1.82) is 0 Å². The van der Waals surface area contributed by atoms with Crippen LogP contribution in [0.15, 0.2) is 13.9 Å². The standard InChI is InChI=1S/C18H26N6O3S2/c1-10(2)8-24-14(19)13(15(26)21-17(24)27)12(25)9-28-18-23-22-16(29-18)20-11-6-4-3-5-7-11/h10-11H,3-9,19H2,1-2H3,(H,20,22)(H,21,26,27). The number of H-pyrrole nitrogens is 1. The number of aromatic amines is 1. The summed E-state index contributed by atoms with van der Waals surface area (Å²) in [6.45, 7) is 4.16. The molecule has 1 saturated carbocycles. The number of anilines is 2. The predicted octanol–water partition coefficient (Wildman–Crippen LogP) is 2.35. The van der Waals surface area contributed by atoms with Crippen LogP contribution >= 0.6 is 23.1 Å². The highest BCUT2D eigenvalue weighted by molar-refractivity contribution is 8.01. The highest BCUT2D eigenvalue weighted by Crippen LogP contribution is 2.28. The van der Waals surface area contributed by atoms with Gasteiger partial charge in [-0.1, -0.05) is 56.2 Å². The van der Waals surface area contributed by atoms with E-state index in [1.165, 1.54) is 46.9 Å². The first-order valence-corrected chi connectivity index (χ1v) is 11.5. The number of rotatable bonds is 8. The van der Waals surface area contributed by atoms with Gasteiger partial charge in [0.1, 0.15) is 11.4 Å². The molecule has 2 heterocycles. The largest absolute Gasteiger partial charge is 0.384 e. The zero-order valence-electron chi connectivity index (χ0n) is 16.6. The Bertz CT molecular complexity index is 975. The summed E-state index contributed by atoms with van der Waals surface area (Å²) in [6, 6.07) is 0.427. The van der Waals surface area contributed by atoms with Gasteiger partial charge >= 0.3 is 5.69 Å². The fraction of sp³-hybridized carbons (Fsp3) is 0.611. The molecule has 0 bridgehead atoms. The molecule has 0 atom stereocenters. The number of ketones is 1. The molecule has 29 heavy (non-hydrogen) atoms. The van der Waals surface area contributed by atoms with Crippen molar-refractivity contribution in [3.63, 3.8) is 0 Å². The lowest BCUT2D eigenvalue weighted by atomic mass is 9.96. The van der Waals surface area contributed by atoms with E-state index in [1.54, 1.807) is 0 Å². The monoisotopic (exact) mass is 438 g/mol. The van der Waals surface area contributed by atoms with Gasteiger partial charge in [-0.2, -0.15) is 0 Å². The van der Waals surface area contributed by atoms with Gasteiger partial charge in [0.2, 0.25) is 5.13 Å². The van der Waals surface area contributed by atoms with Crippen molar-refractivity contribution in [2.24, 2.45) is 5.92 Å². The number of nitrogens with one attached hydrogen (secondary N) is 2. The van der Waals surface area contributed by atoms with E-state index < -0.39 is 17.0 Å². The number of hydrogen-bond acceptors (Lipinski definition) is 9. The van der Waals surface area contributed by atoms with E-state index >= 15 is 0 Å². The summed E-state index contributed by atoms with van der Waals surface area (Å²) >= 11 is 2.60. The summed E-state index contributed by atoms with van der Waals surface area (Å²) in [4.78, 5) is 39.0. The molecule has 0 saturated heterocycles. The molecule has 1 fully saturated rings. The second kappa shape index (κ2) is 9.57. The maximum atomic E-state index is 12.6. The first kappa shape index (κ1) is 21.6. The second-order valence-electron chi connectivity index (χ2n) is 7.59. The topological polar surface area (TPSA) is 136 Å². The normalized spacial score (nSPS) is 15.0. The van der Waals surface area contributed by atoms with Crippen LogP contribution in [0.1, 0.15) is 56.3 Å². The highest BCUT2D eigenvalue weighted by Gasteiger charge is 2.21. The molecule has 2 aromatic heterocycles. The highest BCUT2D eigenvalue weighted by atomic mass is 32.2. The summed E-state index contributed by atoms with van der Waals surface area (Å²) < 4.78 is 1.88. The first-order chi connectivity index (χ1) is 13.8. The maximum absolute atomic E-state index is 12.6. The minimum absolute atomic E-state index is 0.00871. The quantitative estimate of drug-likeness (QED) is 0.422. The van der Waals surface area contributed by atoms with Crippen molar-refractivity contribution in [1.82, 2.24) is 19.7 Å². The van der Waals surface area contributed by atoms with Gasteiger partial charge in [0.25, 0.3) is 5.56 Å². The Labute approximate surface area is 176 Å². The van der Waals surface area contributed by atoms with E-state index in [0.29, 0.717) is 16.9 Å². The Morgan fingerprint density at radius 1 is 1.31 bits per heavy atom. The lowest BCUT2D eigenvalue weighted by Crippen LogP contribution is -2.37. The van der Waals surface area contributed by atoms with E-state index in [4.69, 9.17) is 5.73 Å². The van der Waals surface area contributed by atoms with Crippen molar-refractivity contribution in [2.45, 2.75) is 62.9 Å². The number of carbonyl (C=O) groups excluding carboxylic acids is 1. The Morgan fingerprint density at radius 3 is 2.72 bits per heavy atom. The molecule has 1 aliphatic rings. The number of nitrogens with zero attached hydrogens (tertiary/aromatic N) is 3. The molecule has 1 aliphatic carbocycles. The van der Waals surface area contributed by atoms with Crippen molar-refractivity contribution in [3.05, 3.63) is 26.4 Å². The van der Waals surface area contributed by atoms with E-state index in [-0.39, 0.29) is 23.1 Å². The van der Waals surface area contributed by atoms with Gasteiger partial charge in [0.05, 0.1) is 5.75 Å². The minimum atomic E-state index is -0.755. The Balaban J connectivity index is 1.66. The number of Topliss-reactive ketones (excluding diaryl/α,β-unsaturated/α-hetero) is 1. The molecule has 0 spiro atoms. The molecule has 11 heteroatoms. The number of aromatic nitrogens is 4. The second-order valence-corrected chi connectivity index (χ2v) is 9.79.